The number of hydrogen-bond donors (Lipinski definition) is 2. The number of phosphoric ester groups is 1. The third kappa shape index (κ3) is 49.4. The Hall–Kier alpha value is -2.03. The minimum Gasteiger partial charge on any atom is -0.462 e. The van der Waals surface area contributed by atoms with Gasteiger partial charge < -0.3 is 20.1 Å². The van der Waals surface area contributed by atoms with Crippen LogP contribution in [-0.4, -0.2) is 49.3 Å². The number of carbonyl (C=O) groups is 2. The number of phosphoric acid groups is 1. The van der Waals surface area contributed by atoms with Gasteiger partial charge in [0.15, 0.2) is 6.10 Å². The summed E-state index contributed by atoms with van der Waals surface area (Å²) in [6.45, 7) is 3.72. The molecule has 2 atom stereocenters. The van der Waals surface area contributed by atoms with Crippen LogP contribution in [0.15, 0.2) is 48.6 Å². The van der Waals surface area contributed by atoms with E-state index in [0.717, 1.165) is 64.2 Å². The fourth-order valence-corrected chi connectivity index (χ4v) is 8.23. The third-order valence-corrected chi connectivity index (χ3v) is 12.4. The van der Waals surface area contributed by atoms with Gasteiger partial charge in [-0.3, -0.25) is 18.6 Å². The number of rotatable bonds is 50. The van der Waals surface area contributed by atoms with Gasteiger partial charge in [0.2, 0.25) is 0 Å². The molecule has 0 radical (unpaired) electrons. The Labute approximate surface area is 394 Å². The molecule has 0 aliphatic heterocycles. The largest absolute Gasteiger partial charge is 0.472 e. The molecule has 0 heterocycles. The van der Waals surface area contributed by atoms with Crippen LogP contribution >= 0.6 is 7.82 Å². The van der Waals surface area contributed by atoms with Crippen LogP contribution in [0.1, 0.15) is 251 Å². The van der Waals surface area contributed by atoms with Crippen molar-refractivity contribution in [3.63, 3.8) is 0 Å². The summed E-state index contributed by atoms with van der Waals surface area (Å²) in [6, 6.07) is 0. The first-order chi connectivity index (χ1) is 31.3. The van der Waals surface area contributed by atoms with Crippen LogP contribution in [0.2, 0.25) is 0 Å². The summed E-state index contributed by atoms with van der Waals surface area (Å²) in [7, 11) is -4.39. The lowest BCUT2D eigenvalue weighted by Gasteiger charge is -2.19. The van der Waals surface area contributed by atoms with Crippen LogP contribution in [0.25, 0.3) is 0 Å². The number of hydrogen-bond acceptors (Lipinski definition) is 8. The van der Waals surface area contributed by atoms with Gasteiger partial charge in [0.05, 0.1) is 13.2 Å². The maximum Gasteiger partial charge on any atom is 0.472 e. The second kappa shape index (κ2) is 50.4. The molecule has 3 N–H and O–H groups in total. The Bertz CT molecular complexity index is 1190. The molecule has 10 heteroatoms. The van der Waals surface area contributed by atoms with Gasteiger partial charge in [0.1, 0.15) is 6.61 Å². The topological polar surface area (TPSA) is 134 Å². The van der Waals surface area contributed by atoms with Crippen molar-refractivity contribution in [2.45, 2.75) is 258 Å². The average Bonchev–Trinajstić information content (AvgIpc) is 3.28. The van der Waals surface area contributed by atoms with E-state index in [0.29, 0.717) is 12.8 Å². The molecule has 0 amide bonds. The summed E-state index contributed by atoms with van der Waals surface area (Å²) >= 11 is 0. The number of allylic oxidation sites excluding steroid dienone is 8. The zero-order chi connectivity index (χ0) is 46.7. The minimum atomic E-state index is -4.39. The average molecular weight is 922 g/mol. The van der Waals surface area contributed by atoms with Gasteiger partial charge in [0.25, 0.3) is 0 Å². The maximum atomic E-state index is 12.7. The molecule has 0 aromatic rings. The molecular formula is C54H100NO8P. The van der Waals surface area contributed by atoms with Gasteiger partial charge in [-0.2, -0.15) is 0 Å². The molecule has 0 rings (SSSR count). The van der Waals surface area contributed by atoms with Gasteiger partial charge in [-0.25, -0.2) is 4.57 Å². The summed E-state index contributed by atoms with van der Waals surface area (Å²) in [5, 5.41) is 0. The van der Waals surface area contributed by atoms with Gasteiger partial charge in [-0.15, -0.1) is 0 Å². The number of carbonyl (C=O) groups excluding carboxylic acids is 2. The van der Waals surface area contributed by atoms with Crippen LogP contribution in [0.4, 0.5) is 0 Å². The lowest BCUT2D eigenvalue weighted by Crippen LogP contribution is -2.29. The van der Waals surface area contributed by atoms with Gasteiger partial charge in [-0.05, 0) is 77.0 Å². The van der Waals surface area contributed by atoms with E-state index in [9.17, 15) is 19.0 Å². The molecule has 0 fully saturated rings. The van der Waals surface area contributed by atoms with Gasteiger partial charge in [-0.1, -0.05) is 210 Å². The summed E-state index contributed by atoms with van der Waals surface area (Å²) in [5.74, 6) is -0.838. The molecule has 0 saturated heterocycles. The van der Waals surface area contributed by atoms with Crippen LogP contribution in [0.3, 0.4) is 0 Å². The fraction of sp³-hybridized carbons (Fsp3) is 0.815. The monoisotopic (exact) mass is 922 g/mol. The Kier molecular flexibility index (Phi) is 48.8. The minimum absolute atomic E-state index is 0.0510. The predicted octanol–water partition coefficient (Wildman–Crippen LogP) is 16.2. The zero-order valence-electron chi connectivity index (χ0n) is 41.5. The molecule has 0 saturated carbocycles. The van der Waals surface area contributed by atoms with E-state index in [2.05, 4.69) is 62.5 Å². The molecule has 2 unspecified atom stereocenters. The van der Waals surface area contributed by atoms with Crippen molar-refractivity contribution in [2.24, 2.45) is 5.73 Å². The summed E-state index contributed by atoms with van der Waals surface area (Å²) in [5.41, 5.74) is 5.37. The van der Waals surface area contributed by atoms with E-state index in [-0.39, 0.29) is 32.6 Å². The molecular weight excluding hydrogens is 822 g/mol. The van der Waals surface area contributed by atoms with Crippen LogP contribution < -0.4 is 5.73 Å². The normalized spacial score (nSPS) is 13.5. The van der Waals surface area contributed by atoms with E-state index in [1.165, 1.54) is 148 Å². The van der Waals surface area contributed by atoms with E-state index >= 15 is 0 Å². The smallest absolute Gasteiger partial charge is 0.462 e. The highest BCUT2D eigenvalue weighted by molar-refractivity contribution is 7.47. The van der Waals surface area contributed by atoms with Gasteiger partial charge >= 0.3 is 19.8 Å². The quantitative estimate of drug-likeness (QED) is 0.0265. The third-order valence-electron chi connectivity index (χ3n) is 11.4. The molecule has 0 bridgehead atoms. The lowest BCUT2D eigenvalue weighted by atomic mass is 10.0. The molecule has 0 aromatic heterocycles. The van der Waals surface area contributed by atoms with Crippen molar-refractivity contribution in [1.82, 2.24) is 0 Å². The lowest BCUT2D eigenvalue weighted by molar-refractivity contribution is -0.161. The molecule has 0 spiro atoms. The van der Waals surface area contributed by atoms with Crippen molar-refractivity contribution in [1.29, 1.82) is 0 Å². The van der Waals surface area contributed by atoms with Crippen LogP contribution in [-0.2, 0) is 32.7 Å². The van der Waals surface area contributed by atoms with Crippen molar-refractivity contribution in [3.8, 4) is 0 Å². The number of ether oxygens (including phenoxy) is 2. The predicted molar refractivity (Wildman–Crippen MR) is 270 cm³/mol. The SMILES string of the molecule is CCCCCC/C=C\C/C=C\CCCCCCCC(=O)OCC(COP(=O)(O)OCCN)OC(=O)CCCCCCCCCCCCCCCCC/C=C\C/C=C\CCCCCCC. The second-order valence-electron chi connectivity index (χ2n) is 17.7. The first-order valence-electron chi connectivity index (χ1n) is 26.6. The van der Waals surface area contributed by atoms with E-state index in [1.54, 1.807) is 0 Å². The Balaban J connectivity index is 3.99. The van der Waals surface area contributed by atoms with Crippen molar-refractivity contribution >= 4 is 19.8 Å². The van der Waals surface area contributed by atoms with E-state index in [4.69, 9.17) is 24.3 Å². The highest BCUT2D eigenvalue weighted by atomic mass is 31.2. The van der Waals surface area contributed by atoms with Crippen LogP contribution in [0, 0.1) is 0 Å². The molecule has 0 aliphatic rings. The Morgan fingerprint density at radius 2 is 0.812 bits per heavy atom. The summed E-state index contributed by atoms with van der Waals surface area (Å²) in [4.78, 5) is 35.1. The molecule has 0 aliphatic carbocycles. The number of esters is 2. The summed E-state index contributed by atoms with van der Waals surface area (Å²) in [6.07, 6.45) is 60.1. The highest BCUT2D eigenvalue weighted by Crippen LogP contribution is 2.43. The second-order valence-corrected chi connectivity index (χ2v) is 19.2. The molecule has 0 aromatic carbocycles. The first kappa shape index (κ1) is 62.0. The van der Waals surface area contributed by atoms with E-state index < -0.39 is 32.5 Å². The van der Waals surface area contributed by atoms with Crippen molar-refractivity contribution in [2.75, 3.05) is 26.4 Å². The Morgan fingerprint density at radius 3 is 1.20 bits per heavy atom. The number of unbranched alkanes of at least 4 members (excludes halogenated alkanes) is 29. The van der Waals surface area contributed by atoms with E-state index in [1.807, 2.05) is 0 Å². The maximum absolute atomic E-state index is 12.7. The standard InChI is InChI=1S/C54H100NO8P/c1-3-5-7-9-11-13-15-17-19-21-22-23-24-25-26-27-28-29-30-31-33-35-37-39-41-43-45-47-54(57)63-52(51-62-64(58,59)61-49-48-55)50-60-53(56)46-44-42-40-38-36-34-32-20-18-16-14-12-10-8-6-4-2/h14-17,20-22,32,52H,3-13,18-19,23-31,33-51,55H2,1-2H3,(H,58,59)/b16-14-,17-15-,22-21-,32-20-. The zero-order valence-corrected chi connectivity index (χ0v) is 42.4. The fourth-order valence-electron chi connectivity index (χ4n) is 7.46. The van der Waals surface area contributed by atoms with Gasteiger partial charge in [0, 0.05) is 19.4 Å². The number of nitrogens with two attached hydrogens (primary N) is 1. The molecule has 374 valence electrons. The molecule has 64 heavy (non-hydrogen) atoms. The van der Waals surface area contributed by atoms with Crippen molar-refractivity contribution in [3.05, 3.63) is 48.6 Å². The highest BCUT2D eigenvalue weighted by Gasteiger charge is 2.26. The summed E-state index contributed by atoms with van der Waals surface area (Å²) < 4.78 is 32.9. The molecule has 9 nitrogen and oxygen atoms in total. The first-order valence-corrected chi connectivity index (χ1v) is 28.1. The van der Waals surface area contributed by atoms with Crippen LogP contribution in [0.5, 0.6) is 0 Å². The van der Waals surface area contributed by atoms with Crippen molar-refractivity contribution < 1.29 is 37.6 Å². The Morgan fingerprint density at radius 1 is 0.469 bits per heavy atom.